The first-order valence-corrected chi connectivity index (χ1v) is 5.23. The second kappa shape index (κ2) is 5.26. The second-order valence-corrected chi connectivity index (χ2v) is 5.16. The van der Waals surface area contributed by atoms with Crippen molar-refractivity contribution < 1.29 is 9.59 Å². The summed E-state index contributed by atoms with van der Waals surface area (Å²) in [5, 5.41) is 2.56. The molecule has 0 spiro atoms. The number of amides is 1. The van der Waals surface area contributed by atoms with Crippen molar-refractivity contribution in [3.63, 3.8) is 0 Å². The average Bonchev–Trinajstić information content (AvgIpc) is 2.10. The van der Waals surface area contributed by atoms with E-state index < -0.39 is 11.5 Å². The van der Waals surface area contributed by atoms with Crippen LogP contribution in [0.1, 0.15) is 34.6 Å². The van der Waals surface area contributed by atoms with E-state index in [9.17, 15) is 9.59 Å². The van der Waals surface area contributed by atoms with E-state index in [4.69, 9.17) is 5.73 Å². The van der Waals surface area contributed by atoms with E-state index in [1.807, 2.05) is 34.6 Å². The summed E-state index contributed by atoms with van der Waals surface area (Å²) in [6.07, 6.45) is 0. The van der Waals surface area contributed by atoms with Crippen LogP contribution in [0.2, 0.25) is 0 Å². The highest BCUT2D eigenvalue weighted by atomic mass is 16.2. The van der Waals surface area contributed by atoms with Crippen LogP contribution >= 0.6 is 0 Å². The van der Waals surface area contributed by atoms with Crippen LogP contribution in [-0.4, -0.2) is 24.3 Å². The number of hydrogen-bond acceptors (Lipinski definition) is 3. The van der Waals surface area contributed by atoms with Gasteiger partial charge in [0.1, 0.15) is 0 Å². The summed E-state index contributed by atoms with van der Waals surface area (Å²) >= 11 is 0. The van der Waals surface area contributed by atoms with Gasteiger partial charge in [-0.15, -0.1) is 0 Å². The van der Waals surface area contributed by atoms with Crippen molar-refractivity contribution in [2.75, 3.05) is 6.54 Å². The number of carbonyl (C=O) groups excluding carboxylic acids is 2. The van der Waals surface area contributed by atoms with Gasteiger partial charge in [0.15, 0.2) is 5.78 Å². The molecule has 0 rings (SSSR count). The summed E-state index contributed by atoms with van der Waals surface area (Å²) < 4.78 is 0. The van der Waals surface area contributed by atoms with Crippen LogP contribution in [0.5, 0.6) is 0 Å². The molecular formula is C11H22N2O2. The van der Waals surface area contributed by atoms with Gasteiger partial charge in [-0.1, -0.05) is 34.6 Å². The Hall–Kier alpha value is -0.900. The van der Waals surface area contributed by atoms with Crippen molar-refractivity contribution in [1.82, 2.24) is 5.32 Å². The number of nitrogens with two attached hydrogens (primary N) is 1. The van der Waals surface area contributed by atoms with Gasteiger partial charge in [-0.25, -0.2) is 0 Å². The molecule has 1 amide bonds. The number of ketones is 1. The van der Waals surface area contributed by atoms with E-state index in [-0.39, 0.29) is 24.2 Å². The Morgan fingerprint density at radius 2 is 1.73 bits per heavy atom. The summed E-state index contributed by atoms with van der Waals surface area (Å²) in [6.45, 7) is 9.27. The number of rotatable bonds is 4. The second-order valence-electron chi connectivity index (χ2n) is 5.16. The summed E-state index contributed by atoms with van der Waals surface area (Å²) in [5.74, 6) is -0.177. The fraction of sp³-hybridized carbons (Fsp3) is 0.818. The van der Waals surface area contributed by atoms with Crippen molar-refractivity contribution in [2.45, 2.75) is 40.7 Å². The Morgan fingerprint density at radius 3 is 2.07 bits per heavy atom. The largest absolute Gasteiger partial charge is 0.348 e. The molecule has 1 unspecified atom stereocenters. The van der Waals surface area contributed by atoms with Gasteiger partial charge < -0.3 is 11.1 Å². The smallest absolute Gasteiger partial charge is 0.237 e. The van der Waals surface area contributed by atoms with Gasteiger partial charge in [-0.3, -0.25) is 9.59 Å². The molecule has 0 aromatic rings. The van der Waals surface area contributed by atoms with Gasteiger partial charge >= 0.3 is 0 Å². The molecule has 0 fully saturated rings. The van der Waals surface area contributed by atoms with Crippen LogP contribution < -0.4 is 11.1 Å². The van der Waals surface area contributed by atoms with Crippen LogP contribution in [0.25, 0.3) is 0 Å². The minimum atomic E-state index is -0.544. The van der Waals surface area contributed by atoms with Crippen LogP contribution in [-0.2, 0) is 9.59 Å². The van der Waals surface area contributed by atoms with E-state index in [0.717, 1.165) is 0 Å². The molecule has 15 heavy (non-hydrogen) atoms. The molecule has 0 aliphatic carbocycles. The Bertz CT molecular complexity index is 241. The number of hydrogen-bond donors (Lipinski definition) is 2. The lowest BCUT2D eigenvalue weighted by atomic mass is 9.91. The molecule has 4 nitrogen and oxygen atoms in total. The molecule has 0 aliphatic heterocycles. The molecule has 0 bridgehead atoms. The van der Waals surface area contributed by atoms with Crippen molar-refractivity contribution in [3.8, 4) is 0 Å². The zero-order valence-electron chi connectivity index (χ0n) is 10.3. The first-order chi connectivity index (χ1) is 6.66. The third-order valence-electron chi connectivity index (χ3n) is 2.28. The maximum Gasteiger partial charge on any atom is 0.237 e. The molecule has 0 aromatic carbocycles. The third kappa shape index (κ3) is 4.93. The molecule has 0 saturated heterocycles. The standard InChI is InChI=1S/C11H22N2O2/c1-7(2)9(12)10(15)13-6-8(14)11(3,4)5/h7,9H,6,12H2,1-5H3,(H,13,15). The van der Waals surface area contributed by atoms with Crippen LogP contribution in [0.3, 0.4) is 0 Å². The molecule has 0 radical (unpaired) electrons. The topological polar surface area (TPSA) is 72.2 Å². The highest BCUT2D eigenvalue weighted by Crippen LogP contribution is 2.13. The van der Waals surface area contributed by atoms with E-state index in [1.165, 1.54) is 0 Å². The van der Waals surface area contributed by atoms with E-state index in [1.54, 1.807) is 0 Å². The molecule has 0 aliphatic rings. The number of nitrogens with one attached hydrogen (secondary N) is 1. The molecular weight excluding hydrogens is 192 g/mol. The van der Waals surface area contributed by atoms with Gasteiger partial charge in [-0.2, -0.15) is 0 Å². The fourth-order valence-corrected chi connectivity index (χ4v) is 0.853. The fourth-order valence-electron chi connectivity index (χ4n) is 0.853. The van der Waals surface area contributed by atoms with Crippen molar-refractivity contribution in [3.05, 3.63) is 0 Å². The average molecular weight is 214 g/mol. The molecule has 0 saturated carbocycles. The lowest BCUT2D eigenvalue weighted by Gasteiger charge is -2.19. The summed E-state index contributed by atoms with van der Waals surface area (Å²) in [5.41, 5.74) is 5.21. The Morgan fingerprint density at radius 1 is 1.27 bits per heavy atom. The highest BCUT2D eigenvalue weighted by Gasteiger charge is 2.23. The van der Waals surface area contributed by atoms with Crippen LogP contribution in [0.15, 0.2) is 0 Å². The normalized spacial score (nSPS) is 13.8. The minimum Gasteiger partial charge on any atom is -0.348 e. The van der Waals surface area contributed by atoms with Crippen LogP contribution in [0, 0.1) is 11.3 Å². The molecule has 0 heterocycles. The summed E-state index contributed by atoms with van der Waals surface area (Å²) in [7, 11) is 0. The van der Waals surface area contributed by atoms with Crippen molar-refractivity contribution in [1.29, 1.82) is 0 Å². The van der Waals surface area contributed by atoms with Gasteiger partial charge in [-0.05, 0) is 5.92 Å². The Balaban J connectivity index is 4.08. The molecule has 88 valence electrons. The van der Waals surface area contributed by atoms with Crippen molar-refractivity contribution >= 4 is 11.7 Å². The predicted octanol–water partition coefficient (Wildman–Crippen LogP) is 0.701. The zero-order valence-corrected chi connectivity index (χ0v) is 10.3. The molecule has 3 N–H and O–H groups in total. The maximum atomic E-state index is 11.5. The van der Waals surface area contributed by atoms with Gasteiger partial charge in [0.2, 0.25) is 5.91 Å². The summed E-state index contributed by atoms with van der Waals surface area (Å²) in [4.78, 5) is 22.9. The van der Waals surface area contributed by atoms with E-state index in [0.29, 0.717) is 0 Å². The van der Waals surface area contributed by atoms with Crippen LogP contribution in [0.4, 0.5) is 0 Å². The number of carbonyl (C=O) groups is 2. The van der Waals surface area contributed by atoms with Gasteiger partial charge in [0.05, 0.1) is 12.6 Å². The van der Waals surface area contributed by atoms with E-state index in [2.05, 4.69) is 5.32 Å². The quantitative estimate of drug-likeness (QED) is 0.723. The van der Waals surface area contributed by atoms with E-state index >= 15 is 0 Å². The SMILES string of the molecule is CC(C)C(N)C(=O)NCC(=O)C(C)(C)C. The molecule has 0 aromatic heterocycles. The highest BCUT2D eigenvalue weighted by molar-refractivity contribution is 5.90. The summed E-state index contributed by atoms with van der Waals surface area (Å²) in [6, 6.07) is -0.544. The predicted molar refractivity (Wildman–Crippen MR) is 60.3 cm³/mol. The lowest BCUT2D eigenvalue weighted by Crippen LogP contribution is -2.46. The number of Topliss-reactive ketones (excluding diaryl/α,β-unsaturated/α-hetero) is 1. The maximum absolute atomic E-state index is 11.5. The first kappa shape index (κ1) is 14.1. The Labute approximate surface area is 91.6 Å². The minimum absolute atomic E-state index is 0.00630. The first-order valence-electron chi connectivity index (χ1n) is 5.23. The van der Waals surface area contributed by atoms with Crippen molar-refractivity contribution in [2.24, 2.45) is 17.1 Å². The van der Waals surface area contributed by atoms with Gasteiger partial charge in [0, 0.05) is 5.41 Å². The third-order valence-corrected chi connectivity index (χ3v) is 2.28. The van der Waals surface area contributed by atoms with Gasteiger partial charge in [0.25, 0.3) is 0 Å². The monoisotopic (exact) mass is 214 g/mol. The zero-order chi connectivity index (χ0) is 12.2. The lowest BCUT2D eigenvalue weighted by molar-refractivity contribution is -0.129. The Kier molecular flexibility index (Phi) is 4.94. The molecule has 1 atom stereocenters. The molecule has 4 heteroatoms.